The van der Waals surface area contributed by atoms with Gasteiger partial charge in [0.15, 0.2) is 5.82 Å². The Morgan fingerprint density at radius 3 is 2.93 bits per heavy atom. The minimum absolute atomic E-state index is 0.195. The van der Waals surface area contributed by atoms with Crippen molar-refractivity contribution >= 4 is 17.5 Å². The smallest absolute Gasteiger partial charge is 0.225 e. The molecule has 74 valence electrons. The summed E-state index contributed by atoms with van der Waals surface area (Å²) in [5.41, 5.74) is 5.76. The van der Waals surface area contributed by atoms with Crippen LogP contribution in [0.1, 0.15) is 18.9 Å². The molecule has 0 atom stereocenters. The molecule has 1 rings (SSSR count). The van der Waals surface area contributed by atoms with Crippen molar-refractivity contribution in [1.29, 1.82) is 5.26 Å². The number of carbonyl (C=O) groups is 1. The summed E-state index contributed by atoms with van der Waals surface area (Å²) in [7, 11) is 1.61. The number of hydrogen-bond donors (Lipinski definition) is 2. The van der Waals surface area contributed by atoms with E-state index in [0.717, 1.165) is 0 Å². The number of aryl methyl sites for hydroxylation is 1. The monoisotopic (exact) mass is 193 g/mol. The van der Waals surface area contributed by atoms with Crippen LogP contribution in [0.25, 0.3) is 0 Å². The van der Waals surface area contributed by atoms with Crippen LogP contribution >= 0.6 is 0 Å². The Morgan fingerprint density at radius 1 is 1.79 bits per heavy atom. The highest BCUT2D eigenvalue weighted by molar-refractivity contribution is 5.91. The topological polar surface area (TPSA) is 96.7 Å². The number of carbonyl (C=O) groups excluding carboxylic acids is 1. The lowest BCUT2D eigenvalue weighted by molar-refractivity contribution is -0.115. The van der Waals surface area contributed by atoms with Crippen LogP contribution in [0.4, 0.5) is 11.6 Å². The largest absolute Gasteiger partial charge is 0.383 e. The van der Waals surface area contributed by atoms with Crippen LogP contribution in [-0.4, -0.2) is 15.7 Å². The van der Waals surface area contributed by atoms with Gasteiger partial charge in [-0.25, -0.2) is 4.68 Å². The number of aromatic nitrogens is 2. The van der Waals surface area contributed by atoms with Gasteiger partial charge in [-0.15, -0.1) is 0 Å². The lowest BCUT2D eigenvalue weighted by Gasteiger charge is -1.97. The van der Waals surface area contributed by atoms with E-state index in [9.17, 15) is 4.79 Å². The number of nitrogen functional groups attached to an aromatic ring is 1. The number of nitriles is 1. The van der Waals surface area contributed by atoms with Gasteiger partial charge < -0.3 is 11.1 Å². The van der Waals surface area contributed by atoms with Crippen molar-refractivity contribution in [2.45, 2.75) is 13.3 Å². The van der Waals surface area contributed by atoms with Crippen molar-refractivity contribution in [3.63, 3.8) is 0 Å². The van der Waals surface area contributed by atoms with Crippen LogP contribution in [0, 0.1) is 11.3 Å². The molecular formula is C8H11N5O. The van der Waals surface area contributed by atoms with Crippen LogP contribution in [-0.2, 0) is 11.8 Å². The first-order chi connectivity index (χ1) is 6.60. The molecule has 0 saturated carbocycles. The van der Waals surface area contributed by atoms with E-state index < -0.39 is 0 Å². The van der Waals surface area contributed by atoms with Gasteiger partial charge in [-0.2, -0.15) is 10.4 Å². The molecule has 0 bridgehead atoms. The Kier molecular flexibility index (Phi) is 2.72. The first-order valence-electron chi connectivity index (χ1n) is 4.12. The fourth-order valence-corrected chi connectivity index (χ4v) is 0.955. The zero-order valence-electron chi connectivity index (χ0n) is 8.03. The maximum Gasteiger partial charge on any atom is 0.225 e. The van der Waals surface area contributed by atoms with Gasteiger partial charge in [0.2, 0.25) is 5.91 Å². The molecule has 0 radical (unpaired) electrons. The minimum Gasteiger partial charge on any atom is -0.383 e. The summed E-state index contributed by atoms with van der Waals surface area (Å²) in [6.45, 7) is 1.72. The van der Waals surface area contributed by atoms with Gasteiger partial charge in [0.25, 0.3) is 0 Å². The second-order valence-electron chi connectivity index (χ2n) is 2.75. The molecule has 0 saturated heterocycles. The first-order valence-corrected chi connectivity index (χ1v) is 4.12. The number of hydrogen-bond acceptors (Lipinski definition) is 4. The Bertz CT molecular complexity index is 401. The predicted molar refractivity (Wildman–Crippen MR) is 51.3 cm³/mol. The average molecular weight is 193 g/mol. The third-order valence-electron chi connectivity index (χ3n) is 1.78. The highest BCUT2D eigenvalue weighted by Gasteiger charge is 2.14. The Hall–Kier alpha value is -2.03. The molecular weight excluding hydrogens is 182 g/mol. The van der Waals surface area contributed by atoms with Crippen molar-refractivity contribution in [3.05, 3.63) is 5.56 Å². The standard InChI is InChI=1S/C8H11N5O/c1-3-6(14)11-8-5(4-9)7(10)13(2)12-8/h3,10H2,1-2H3,(H,11,12,14). The molecule has 1 aromatic heterocycles. The van der Waals surface area contributed by atoms with Crippen molar-refractivity contribution in [2.24, 2.45) is 7.05 Å². The summed E-state index contributed by atoms with van der Waals surface area (Å²) in [6, 6.07) is 1.89. The van der Waals surface area contributed by atoms with Crippen molar-refractivity contribution < 1.29 is 4.79 Å². The van der Waals surface area contributed by atoms with Crippen LogP contribution in [0.2, 0.25) is 0 Å². The molecule has 6 nitrogen and oxygen atoms in total. The fourth-order valence-electron chi connectivity index (χ4n) is 0.955. The van der Waals surface area contributed by atoms with E-state index in [-0.39, 0.29) is 23.1 Å². The number of amides is 1. The van der Waals surface area contributed by atoms with Gasteiger partial charge in [0.05, 0.1) is 0 Å². The van der Waals surface area contributed by atoms with E-state index >= 15 is 0 Å². The molecule has 0 unspecified atom stereocenters. The zero-order valence-corrected chi connectivity index (χ0v) is 8.03. The lowest BCUT2D eigenvalue weighted by atomic mass is 10.3. The molecule has 0 spiro atoms. The highest BCUT2D eigenvalue weighted by Crippen LogP contribution is 2.19. The minimum atomic E-state index is -0.195. The van der Waals surface area contributed by atoms with Crippen molar-refractivity contribution in [3.8, 4) is 6.07 Å². The van der Waals surface area contributed by atoms with E-state index in [1.165, 1.54) is 4.68 Å². The molecule has 0 aliphatic rings. The van der Waals surface area contributed by atoms with E-state index in [4.69, 9.17) is 11.0 Å². The lowest BCUT2D eigenvalue weighted by Crippen LogP contribution is -2.11. The SMILES string of the molecule is CCC(=O)Nc1nn(C)c(N)c1C#N. The summed E-state index contributed by atoms with van der Waals surface area (Å²) >= 11 is 0. The predicted octanol–water partition coefficient (Wildman–Crippen LogP) is 0.222. The second kappa shape index (κ2) is 3.79. The maximum atomic E-state index is 11.1. The van der Waals surface area contributed by atoms with E-state index in [1.807, 2.05) is 6.07 Å². The van der Waals surface area contributed by atoms with E-state index in [1.54, 1.807) is 14.0 Å². The average Bonchev–Trinajstić information content (AvgIpc) is 2.42. The molecule has 6 heteroatoms. The van der Waals surface area contributed by atoms with Crippen LogP contribution in [0.5, 0.6) is 0 Å². The summed E-state index contributed by atoms with van der Waals surface area (Å²) in [5.74, 6) is 0.276. The Balaban J connectivity index is 3.04. The summed E-state index contributed by atoms with van der Waals surface area (Å²) in [4.78, 5) is 11.1. The van der Waals surface area contributed by atoms with E-state index in [2.05, 4.69) is 10.4 Å². The van der Waals surface area contributed by atoms with Crippen molar-refractivity contribution in [1.82, 2.24) is 9.78 Å². The first kappa shape index (κ1) is 10.1. The number of nitrogens with one attached hydrogen (secondary N) is 1. The van der Waals surface area contributed by atoms with Crippen LogP contribution in [0.3, 0.4) is 0 Å². The summed E-state index contributed by atoms with van der Waals surface area (Å²) in [5, 5.41) is 15.2. The number of anilines is 2. The van der Waals surface area contributed by atoms with Gasteiger partial charge in [-0.1, -0.05) is 6.92 Å². The van der Waals surface area contributed by atoms with Gasteiger partial charge in [-0.3, -0.25) is 4.79 Å². The molecule has 0 fully saturated rings. The fraction of sp³-hybridized carbons (Fsp3) is 0.375. The number of rotatable bonds is 2. The summed E-state index contributed by atoms with van der Waals surface area (Å²) < 4.78 is 1.35. The molecule has 1 amide bonds. The van der Waals surface area contributed by atoms with Crippen LogP contribution in [0.15, 0.2) is 0 Å². The molecule has 0 aliphatic heterocycles. The third-order valence-corrected chi connectivity index (χ3v) is 1.78. The van der Waals surface area contributed by atoms with Crippen molar-refractivity contribution in [2.75, 3.05) is 11.1 Å². The molecule has 3 N–H and O–H groups in total. The third kappa shape index (κ3) is 1.66. The molecule has 14 heavy (non-hydrogen) atoms. The van der Waals surface area contributed by atoms with Gasteiger partial charge in [0, 0.05) is 13.5 Å². The van der Waals surface area contributed by atoms with Gasteiger partial charge in [-0.05, 0) is 0 Å². The molecule has 1 heterocycles. The highest BCUT2D eigenvalue weighted by atomic mass is 16.1. The Labute approximate surface area is 81.3 Å². The molecule has 1 aromatic rings. The second-order valence-corrected chi connectivity index (χ2v) is 2.75. The Morgan fingerprint density at radius 2 is 2.43 bits per heavy atom. The maximum absolute atomic E-state index is 11.1. The zero-order chi connectivity index (χ0) is 10.7. The normalized spacial score (nSPS) is 9.50. The van der Waals surface area contributed by atoms with Crippen LogP contribution < -0.4 is 11.1 Å². The number of nitrogens with zero attached hydrogens (tertiary/aromatic N) is 3. The quantitative estimate of drug-likeness (QED) is 0.702. The van der Waals surface area contributed by atoms with Gasteiger partial charge >= 0.3 is 0 Å². The number of nitrogens with two attached hydrogens (primary N) is 1. The summed E-state index contributed by atoms with van der Waals surface area (Å²) in [6.07, 6.45) is 0.335. The molecule has 0 aromatic carbocycles. The van der Waals surface area contributed by atoms with E-state index in [0.29, 0.717) is 6.42 Å². The van der Waals surface area contributed by atoms with Gasteiger partial charge in [0.1, 0.15) is 17.5 Å². The molecule has 0 aliphatic carbocycles.